The molecule has 0 spiro atoms. The van der Waals surface area contributed by atoms with Crippen LogP contribution in [0, 0.1) is 11.8 Å². The molecule has 0 aliphatic carbocycles. The summed E-state index contributed by atoms with van der Waals surface area (Å²) in [5.74, 6) is 1.59. The van der Waals surface area contributed by atoms with E-state index < -0.39 is 0 Å². The number of piperidine rings is 1. The first-order valence-corrected chi connectivity index (χ1v) is 7.08. The van der Waals surface area contributed by atoms with Crippen LogP contribution in [0.5, 0.6) is 0 Å². The Kier molecular flexibility index (Phi) is 4.30. The number of likely N-dealkylation sites (tertiary alicyclic amines) is 1. The smallest absolute Gasteiger partial charge is 0.274 e. The summed E-state index contributed by atoms with van der Waals surface area (Å²) in [5, 5.41) is 0.366. The number of aromatic nitrogens is 1. The molecular weight excluding hydrogens is 262 g/mol. The molecule has 1 aromatic heterocycles. The molecule has 0 aromatic carbocycles. The fourth-order valence-corrected chi connectivity index (χ4v) is 2.71. The third kappa shape index (κ3) is 3.18. The Morgan fingerprint density at radius 2 is 2.05 bits per heavy atom. The Morgan fingerprint density at radius 3 is 2.63 bits per heavy atom. The van der Waals surface area contributed by atoms with Gasteiger partial charge in [0.05, 0.1) is 5.02 Å². The van der Waals surface area contributed by atoms with Gasteiger partial charge in [-0.3, -0.25) is 4.79 Å². The molecule has 1 aliphatic heterocycles. The molecule has 2 heterocycles. The largest absolute Gasteiger partial charge is 0.384 e. The fourth-order valence-electron chi connectivity index (χ4n) is 2.53. The quantitative estimate of drug-likeness (QED) is 0.907. The summed E-state index contributed by atoms with van der Waals surface area (Å²) in [5.41, 5.74) is 5.88. The lowest BCUT2D eigenvalue weighted by Gasteiger charge is -2.33. The molecule has 1 amide bonds. The van der Waals surface area contributed by atoms with Crippen LogP contribution in [0.1, 0.15) is 37.2 Å². The molecule has 1 aliphatic rings. The number of nitrogens with zero attached hydrogens (tertiary/aromatic N) is 2. The molecule has 4 nitrogen and oxygen atoms in total. The number of pyridine rings is 1. The molecular formula is C14H20ClN3O. The van der Waals surface area contributed by atoms with Gasteiger partial charge in [-0.25, -0.2) is 4.98 Å². The van der Waals surface area contributed by atoms with Crippen molar-refractivity contribution < 1.29 is 4.79 Å². The van der Waals surface area contributed by atoms with Gasteiger partial charge < -0.3 is 10.6 Å². The van der Waals surface area contributed by atoms with Gasteiger partial charge in [0.1, 0.15) is 11.5 Å². The number of hydrogen-bond donors (Lipinski definition) is 1. The van der Waals surface area contributed by atoms with Gasteiger partial charge in [-0.15, -0.1) is 0 Å². The topological polar surface area (TPSA) is 59.2 Å². The van der Waals surface area contributed by atoms with Gasteiger partial charge >= 0.3 is 0 Å². The number of amides is 1. The lowest BCUT2D eigenvalue weighted by molar-refractivity contribution is 0.0662. The summed E-state index contributed by atoms with van der Waals surface area (Å²) < 4.78 is 0. The average Bonchev–Trinajstić information content (AvgIpc) is 2.41. The third-order valence-electron chi connectivity index (χ3n) is 3.84. The zero-order chi connectivity index (χ0) is 14.0. The molecule has 0 bridgehead atoms. The first-order valence-electron chi connectivity index (χ1n) is 6.70. The first-order chi connectivity index (χ1) is 8.99. The van der Waals surface area contributed by atoms with Crippen molar-refractivity contribution in [3.8, 4) is 0 Å². The van der Waals surface area contributed by atoms with E-state index in [2.05, 4.69) is 18.8 Å². The van der Waals surface area contributed by atoms with Gasteiger partial charge in [0.15, 0.2) is 0 Å². The Morgan fingerprint density at radius 1 is 1.42 bits per heavy atom. The second-order valence-corrected chi connectivity index (χ2v) is 5.85. The zero-order valence-corrected chi connectivity index (χ0v) is 12.2. The van der Waals surface area contributed by atoms with Crippen LogP contribution in [0.15, 0.2) is 12.1 Å². The molecule has 0 saturated carbocycles. The van der Waals surface area contributed by atoms with Crippen LogP contribution in [0.4, 0.5) is 5.82 Å². The number of anilines is 1. The van der Waals surface area contributed by atoms with E-state index in [1.807, 2.05) is 4.90 Å². The molecule has 0 atom stereocenters. The highest BCUT2D eigenvalue weighted by molar-refractivity contribution is 6.33. The van der Waals surface area contributed by atoms with E-state index >= 15 is 0 Å². The molecule has 1 aromatic rings. The maximum atomic E-state index is 12.4. The van der Waals surface area contributed by atoms with Crippen LogP contribution >= 0.6 is 11.6 Å². The van der Waals surface area contributed by atoms with Crippen molar-refractivity contribution in [2.45, 2.75) is 26.7 Å². The van der Waals surface area contributed by atoms with Crippen LogP contribution in [0.2, 0.25) is 5.02 Å². The predicted octanol–water partition coefficient (Wildman–Crippen LogP) is 2.83. The summed E-state index contributed by atoms with van der Waals surface area (Å²) in [4.78, 5) is 18.3. The minimum Gasteiger partial charge on any atom is -0.384 e. The molecule has 1 fully saturated rings. The molecule has 0 unspecified atom stereocenters. The van der Waals surface area contributed by atoms with Crippen molar-refractivity contribution in [1.82, 2.24) is 9.88 Å². The second-order valence-electron chi connectivity index (χ2n) is 5.44. The van der Waals surface area contributed by atoms with E-state index in [0.717, 1.165) is 25.9 Å². The van der Waals surface area contributed by atoms with Crippen molar-refractivity contribution in [2.24, 2.45) is 11.8 Å². The normalized spacial score (nSPS) is 16.9. The molecule has 19 heavy (non-hydrogen) atoms. The van der Waals surface area contributed by atoms with Crippen LogP contribution in [0.3, 0.4) is 0 Å². The highest BCUT2D eigenvalue weighted by Crippen LogP contribution is 2.26. The molecule has 104 valence electrons. The van der Waals surface area contributed by atoms with Gasteiger partial charge in [-0.1, -0.05) is 25.4 Å². The fraction of sp³-hybridized carbons (Fsp3) is 0.571. The first kappa shape index (κ1) is 14.1. The number of rotatable bonds is 2. The molecule has 5 heteroatoms. The summed E-state index contributed by atoms with van der Waals surface area (Å²) in [6, 6.07) is 3.22. The summed E-state index contributed by atoms with van der Waals surface area (Å²) in [6.45, 7) is 6.01. The van der Waals surface area contributed by atoms with E-state index in [1.54, 1.807) is 12.1 Å². The van der Waals surface area contributed by atoms with E-state index in [0.29, 0.717) is 22.7 Å². The number of nitrogen functional groups attached to an aromatic ring is 1. The Balaban J connectivity index is 2.07. The van der Waals surface area contributed by atoms with Crippen LogP contribution in [0.25, 0.3) is 0 Å². The molecule has 2 rings (SSSR count). The molecule has 1 saturated heterocycles. The lowest BCUT2D eigenvalue weighted by Crippen LogP contribution is -2.40. The number of nitrogens with two attached hydrogens (primary N) is 1. The van der Waals surface area contributed by atoms with Crippen molar-refractivity contribution >= 4 is 23.3 Å². The minimum absolute atomic E-state index is 0.112. The third-order valence-corrected chi connectivity index (χ3v) is 4.14. The van der Waals surface area contributed by atoms with Crippen LogP contribution in [-0.2, 0) is 0 Å². The lowest BCUT2D eigenvalue weighted by atomic mass is 9.86. The van der Waals surface area contributed by atoms with E-state index in [9.17, 15) is 4.79 Å². The van der Waals surface area contributed by atoms with Gasteiger partial charge in [0.2, 0.25) is 0 Å². The maximum Gasteiger partial charge on any atom is 0.274 e. The summed E-state index contributed by atoms with van der Waals surface area (Å²) >= 11 is 6.02. The van der Waals surface area contributed by atoms with E-state index in [1.165, 1.54) is 0 Å². The highest BCUT2D eigenvalue weighted by Gasteiger charge is 2.27. The highest BCUT2D eigenvalue weighted by atomic mass is 35.5. The van der Waals surface area contributed by atoms with Crippen LogP contribution in [-0.4, -0.2) is 28.9 Å². The predicted molar refractivity (Wildman–Crippen MR) is 77.1 cm³/mol. The van der Waals surface area contributed by atoms with Crippen LogP contribution < -0.4 is 5.73 Å². The molecule has 0 radical (unpaired) electrons. The minimum atomic E-state index is -0.112. The van der Waals surface area contributed by atoms with E-state index in [4.69, 9.17) is 17.3 Å². The zero-order valence-electron chi connectivity index (χ0n) is 11.4. The number of hydrogen-bond acceptors (Lipinski definition) is 3. The Bertz CT molecular complexity index is 468. The average molecular weight is 282 g/mol. The van der Waals surface area contributed by atoms with E-state index in [-0.39, 0.29) is 11.6 Å². The van der Waals surface area contributed by atoms with Crippen molar-refractivity contribution in [3.05, 3.63) is 22.8 Å². The Hall–Kier alpha value is -1.29. The standard InChI is InChI=1S/C14H20ClN3O/c1-9(2)10-5-7-18(8-6-10)14(19)13-11(15)3-4-12(16)17-13/h3-4,9-10H,5-8H2,1-2H3,(H2,16,17). The van der Waals surface area contributed by atoms with Crippen molar-refractivity contribution in [3.63, 3.8) is 0 Å². The second kappa shape index (κ2) is 5.78. The van der Waals surface area contributed by atoms with Gasteiger partial charge in [0, 0.05) is 13.1 Å². The number of carbonyl (C=O) groups excluding carboxylic acids is 1. The summed E-state index contributed by atoms with van der Waals surface area (Å²) in [6.07, 6.45) is 2.09. The van der Waals surface area contributed by atoms with Crippen molar-refractivity contribution in [2.75, 3.05) is 18.8 Å². The van der Waals surface area contributed by atoms with Gasteiger partial charge in [0.25, 0.3) is 5.91 Å². The monoisotopic (exact) mass is 281 g/mol. The van der Waals surface area contributed by atoms with Gasteiger partial charge in [-0.05, 0) is 36.8 Å². The van der Waals surface area contributed by atoms with Crippen molar-refractivity contribution in [1.29, 1.82) is 0 Å². The van der Waals surface area contributed by atoms with Gasteiger partial charge in [-0.2, -0.15) is 0 Å². The summed E-state index contributed by atoms with van der Waals surface area (Å²) in [7, 11) is 0. The molecule has 2 N–H and O–H groups in total. The Labute approximate surface area is 118 Å². The maximum absolute atomic E-state index is 12.4. The number of carbonyl (C=O) groups is 1. The number of halogens is 1. The SMILES string of the molecule is CC(C)C1CCN(C(=O)c2nc(N)ccc2Cl)CC1.